The monoisotopic (exact) mass is 187 g/mol. The molecule has 0 bridgehead atoms. The van der Waals surface area contributed by atoms with E-state index in [0.717, 1.165) is 25.7 Å². The molecule has 1 aliphatic rings. The van der Waals surface area contributed by atoms with Crippen LogP contribution in [0.25, 0.3) is 0 Å². The summed E-state index contributed by atoms with van der Waals surface area (Å²) in [6.45, 7) is 0. The fourth-order valence-corrected chi connectivity index (χ4v) is 1.89. The topological polar surface area (TPSA) is 83.5 Å². The Kier molecular flexibility index (Phi) is 3.69. The number of carbonyl (C=O) groups is 1. The third-order valence-corrected chi connectivity index (χ3v) is 2.74. The standard InChI is InChI=1S/C9H17NO3/c10-7(9(12)13)5-6-3-1-2-4-8(6)11/h6-8,11H,1-5,10H2,(H,12,13)/t6?,7-,8?/m0/s1. The van der Waals surface area contributed by atoms with Gasteiger partial charge in [-0.2, -0.15) is 0 Å². The maximum absolute atomic E-state index is 10.5. The lowest BCUT2D eigenvalue weighted by atomic mass is 9.82. The van der Waals surface area contributed by atoms with Gasteiger partial charge in [0, 0.05) is 0 Å². The first-order valence-corrected chi connectivity index (χ1v) is 4.77. The van der Waals surface area contributed by atoms with Crippen molar-refractivity contribution in [2.45, 2.75) is 44.2 Å². The summed E-state index contributed by atoms with van der Waals surface area (Å²) in [6.07, 6.45) is 3.86. The van der Waals surface area contributed by atoms with E-state index in [4.69, 9.17) is 10.8 Å². The largest absolute Gasteiger partial charge is 0.480 e. The van der Waals surface area contributed by atoms with E-state index >= 15 is 0 Å². The van der Waals surface area contributed by atoms with Gasteiger partial charge in [-0.25, -0.2) is 0 Å². The van der Waals surface area contributed by atoms with Crippen LogP contribution < -0.4 is 5.73 Å². The van der Waals surface area contributed by atoms with E-state index < -0.39 is 12.0 Å². The molecule has 0 spiro atoms. The zero-order chi connectivity index (χ0) is 9.84. The maximum atomic E-state index is 10.5. The first kappa shape index (κ1) is 10.5. The molecule has 0 aliphatic heterocycles. The fraction of sp³-hybridized carbons (Fsp3) is 0.889. The van der Waals surface area contributed by atoms with Gasteiger partial charge in [-0.3, -0.25) is 4.79 Å². The van der Waals surface area contributed by atoms with Gasteiger partial charge >= 0.3 is 5.97 Å². The van der Waals surface area contributed by atoms with Crippen molar-refractivity contribution in [2.75, 3.05) is 0 Å². The van der Waals surface area contributed by atoms with E-state index in [0.29, 0.717) is 6.42 Å². The van der Waals surface area contributed by atoms with Crippen molar-refractivity contribution in [3.63, 3.8) is 0 Å². The number of rotatable bonds is 3. The first-order chi connectivity index (χ1) is 6.11. The van der Waals surface area contributed by atoms with Crippen molar-refractivity contribution in [1.82, 2.24) is 0 Å². The summed E-state index contributed by atoms with van der Waals surface area (Å²) in [5, 5.41) is 18.1. The average Bonchev–Trinajstić information content (AvgIpc) is 2.08. The van der Waals surface area contributed by atoms with Gasteiger partial charge in [0.2, 0.25) is 0 Å². The molecule has 2 unspecified atom stereocenters. The zero-order valence-corrected chi connectivity index (χ0v) is 7.65. The summed E-state index contributed by atoms with van der Waals surface area (Å²) in [6, 6.07) is -0.822. The second-order valence-corrected chi connectivity index (χ2v) is 3.79. The van der Waals surface area contributed by atoms with Gasteiger partial charge in [0.25, 0.3) is 0 Å². The maximum Gasteiger partial charge on any atom is 0.320 e. The number of aliphatic hydroxyl groups is 1. The molecule has 0 aromatic carbocycles. The van der Waals surface area contributed by atoms with E-state index in [1.54, 1.807) is 0 Å². The molecule has 0 radical (unpaired) electrons. The minimum atomic E-state index is -0.974. The normalized spacial score (nSPS) is 31.2. The average molecular weight is 187 g/mol. The van der Waals surface area contributed by atoms with Crippen molar-refractivity contribution < 1.29 is 15.0 Å². The lowest BCUT2D eigenvalue weighted by Gasteiger charge is -2.28. The molecule has 0 amide bonds. The van der Waals surface area contributed by atoms with Gasteiger partial charge in [0.05, 0.1) is 6.10 Å². The molecule has 76 valence electrons. The van der Waals surface area contributed by atoms with E-state index in [-0.39, 0.29) is 12.0 Å². The molecule has 0 heterocycles. The molecule has 0 aromatic rings. The highest BCUT2D eigenvalue weighted by Crippen LogP contribution is 2.27. The van der Waals surface area contributed by atoms with Crippen LogP contribution in [0.1, 0.15) is 32.1 Å². The molecule has 1 saturated carbocycles. The third kappa shape index (κ3) is 2.97. The van der Waals surface area contributed by atoms with E-state index in [1.165, 1.54) is 0 Å². The first-order valence-electron chi connectivity index (χ1n) is 4.77. The van der Waals surface area contributed by atoms with Crippen LogP contribution in [0.3, 0.4) is 0 Å². The van der Waals surface area contributed by atoms with Gasteiger partial charge < -0.3 is 15.9 Å². The van der Waals surface area contributed by atoms with Crippen LogP contribution in [0.15, 0.2) is 0 Å². The Morgan fingerprint density at radius 1 is 1.46 bits per heavy atom. The quantitative estimate of drug-likeness (QED) is 0.595. The number of hydrogen-bond donors (Lipinski definition) is 3. The SMILES string of the molecule is N[C@@H](CC1CCCCC1O)C(=O)O. The molecule has 0 saturated heterocycles. The van der Waals surface area contributed by atoms with Crippen LogP contribution in [-0.2, 0) is 4.79 Å². The van der Waals surface area contributed by atoms with Crippen molar-refractivity contribution in [3.05, 3.63) is 0 Å². The van der Waals surface area contributed by atoms with E-state index in [9.17, 15) is 9.90 Å². The van der Waals surface area contributed by atoms with Crippen LogP contribution >= 0.6 is 0 Å². The van der Waals surface area contributed by atoms with Crippen molar-refractivity contribution >= 4 is 5.97 Å². The molecular formula is C9H17NO3. The highest BCUT2D eigenvalue weighted by Gasteiger charge is 2.26. The van der Waals surface area contributed by atoms with Crippen LogP contribution in [0, 0.1) is 5.92 Å². The van der Waals surface area contributed by atoms with Crippen LogP contribution in [0.2, 0.25) is 0 Å². The Morgan fingerprint density at radius 3 is 2.62 bits per heavy atom. The summed E-state index contributed by atoms with van der Waals surface area (Å²) in [5.74, 6) is -0.891. The number of aliphatic hydroxyl groups excluding tert-OH is 1. The molecular weight excluding hydrogens is 170 g/mol. The Balaban J connectivity index is 2.37. The molecule has 1 fully saturated rings. The molecule has 1 aliphatic carbocycles. The van der Waals surface area contributed by atoms with Gasteiger partial charge in [0.1, 0.15) is 6.04 Å². The number of hydrogen-bond acceptors (Lipinski definition) is 3. The second kappa shape index (κ2) is 4.58. The van der Waals surface area contributed by atoms with Crippen molar-refractivity contribution in [2.24, 2.45) is 11.7 Å². The molecule has 4 heteroatoms. The number of nitrogens with two attached hydrogens (primary N) is 1. The summed E-state index contributed by atoms with van der Waals surface area (Å²) < 4.78 is 0. The lowest BCUT2D eigenvalue weighted by Crippen LogP contribution is -2.36. The van der Waals surface area contributed by atoms with Crippen LogP contribution in [0.4, 0.5) is 0 Å². The minimum Gasteiger partial charge on any atom is -0.480 e. The van der Waals surface area contributed by atoms with Crippen molar-refractivity contribution in [3.8, 4) is 0 Å². The van der Waals surface area contributed by atoms with Crippen molar-refractivity contribution in [1.29, 1.82) is 0 Å². The smallest absolute Gasteiger partial charge is 0.320 e. The van der Waals surface area contributed by atoms with Crippen LogP contribution in [-0.4, -0.2) is 28.3 Å². The highest BCUT2D eigenvalue weighted by molar-refractivity contribution is 5.73. The number of carboxylic acids is 1. The van der Waals surface area contributed by atoms with Crippen LogP contribution in [0.5, 0.6) is 0 Å². The molecule has 0 aromatic heterocycles. The predicted octanol–water partition coefficient (Wildman–Crippen LogP) is 0.339. The molecule has 1 rings (SSSR count). The van der Waals surface area contributed by atoms with Gasteiger partial charge in [0.15, 0.2) is 0 Å². The Morgan fingerprint density at radius 2 is 2.08 bits per heavy atom. The zero-order valence-electron chi connectivity index (χ0n) is 7.65. The Bertz CT molecular complexity index is 184. The third-order valence-electron chi connectivity index (χ3n) is 2.74. The fourth-order valence-electron chi connectivity index (χ4n) is 1.89. The molecule has 13 heavy (non-hydrogen) atoms. The Labute approximate surface area is 77.7 Å². The van der Waals surface area contributed by atoms with E-state index in [2.05, 4.69) is 0 Å². The minimum absolute atomic E-state index is 0.0832. The summed E-state index contributed by atoms with van der Waals surface area (Å²) in [5.41, 5.74) is 5.40. The lowest BCUT2D eigenvalue weighted by molar-refractivity contribution is -0.139. The molecule has 4 N–H and O–H groups in total. The molecule has 3 atom stereocenters. The van der Waals surface area contributed by atoms with Gasteiger partial charge in [-0.05, 0) is 25.2 Å². The second-order valence-electron chi connectivity index (χ2n) is 3.79. The van der Waals surface area contributed by atoms with Gasteiger partial charge in [-0.1, -0.05) is 12.8 Å². The summed E-state index contributed by atoms with van der Waals surface area (Å²) in [4.78, 5) is 10.5. The Hall–Kier alpha value is -0.610. The highest BCUT2D eigenvalue weighted by atomic mass is 16.4. The predicted molar refractivity (Wildman–Crippen MR) is 48.2 cm³/mol. The summed E-state index contributed by atoms with van der Waals surface area (Å²) >= 11 is 0. The number of aliphatic carboxylic acids is 1. The molecule has 4 nitrogen and oxygen atoms in total. The van der Waals surface area contributed by atoms with E-state index in [1.807, 2.05) is 0 Å². The number of carboxylic acid groups (broad SMARTS) is 1. The summed E-state index contributed by atoms with van der Waals surface area (Å²) in [7, 11) is 0. The van der Waals surface area contributed by atoms with Gasteiger partial charge in [-0.15, -0.1) is 0 Å².